The van der Waals surface area contributed by atoms with E-state index >= 15 is 0 Å². The number of piperidine rings is 1. The van der Waals surface area contributed by atoms with Gasteiger partial charge in [-0.1, -0.05) is 30.3 Å². The minimum atomic E-state index is -1.21. The van der Waals surface area contributed by atoms with Crippen LogP contribution in [0.3, 0.4) is 0 Å². The molecule has 1 aliphatic heterocycles. The van der Waals surface area contributed by atoms with Crippen LogP contribution in [0.5, 0.6) is 0 Å². The molecule has 0 saturated carbocycles. The third-order valence-corrected chi connectivity index (χ3v) is 10.0. The first kappa shape index (κ1) is 38.2. The Hall–Kier alpha value is -5.53. The van der Waals surface area contributed by atoms with Crippen molar-refractivity contribution in [3.8, 4) is 0 Å². The second-order valence-corrected chi connectivity index (χ2v) is 14.4. The first-order valence-corrected chi connectivity index (χ1v) is 18.3. The maximum Gasteiger partial charge on any atom is 0.261 e. The minimum absolute atomic E-state index is 0.0102. The van der Waals surface area contributed by atoms with Crippen molar-refractivity contribution in [3.63, 3.8) is 0 Å². The van der Waals surface area contributed by atoms with Gasteiger partial charge in [0.05, 0.1) is 34.9 Å². The fraction of sp³-hybridized carbons (Fsp3) is 0.366. The van der Waals surface area contributed by atoms with Gasteiger partial charge < -0.3 is 25.5 Å². The highest BCUT2D eigenvalue weighted by Gasteiger charge is 2.36. The Bertz CT molecular complexity index is 2180. The number of aromatic nitrogens is 3. The van der Waals surface area contributed by atoms with Crippen molar-refractivity contribution in [3.05, 3.63) is 113 Å². The molecule has 1 saturated heterocycles. The van der Waals surface area contributed by atoms with E-state index in [0.717, 1.165) is 5.56 Å². The smallest absolute Gasteiger partial charge is 0.261 e. The van der Waals surface area contributed by atoms with E-state index in [2.05, 4.69) is 20.6 Å². The van der Waals surface area contributed by atoms with Crippen LogP contribution in [0.25, 0.3) is 21.8 Å². The van der Waals surface area contributed by atoms with Crippen LogP contribution in [0, 0.1) is 11.7 Å². The van der Waals surface area contributed by atoms with Crippen LogP contribution in [0.1, 0.15) is 48.0 Å². The minimum Gasteiger partial charge on any atom is -0.388 e. The molecule has 1 fully saturated rings. The summed E-state index contributed by atoms with van der Waals surface area (Å²) < 4.78 is 15.5. The molecule has 54 heavy (non-hydrogen) atoms. The Morgan fingerprint density at radius 2 is 1.70 bits per heavy atom. The van der Waals surface area contributed by atoms with E-state index in [1.165, 1.54) is 23.2 Å². The Labute approximate surface area is 313 Å². The third kappa shape index (κ3) is 9.52. The van der Waals surface area contributed by atoms with E-state index in [-0.39, 0.29) is 35.7 Å². The van der Waals surface area contributed by atoms with Gasteiger partial charge in [-0.15, -0.1) is 0 Å². The van der Waals surface area contributed by atoms with Gasteiger partial charge in [0.1, 0.15) is 5.82 Å². The lowest BCUT2D eigenvalue weighted by atomic mass is 9.88. The number of benzene rings is 3. The molecule has 1 atom stereocenters. The predicted octanol–water partition coefficient (Wildman–Crippen LogP) is 4.40. The molecule has 3 N–H and O–H groups in total. The van der Waals surface area contributed by atoms with E-state index in [0.29, 0.717) is 97.8 Å². The first-order valence-electron chi connectivity index (χ1n) is 18.3. The summed E-state index contributed by atoms with van der Waals surface area (Å²) in [6.07, 6.45) is 5.35. The molecule has 3 amide bonds. The molecule has 282 valence electrons. The van der Waals surface area contributed by atoms with Gasteiger partial charge in [-0.05, 0) is 94.2 Å². The lowest BCUT2D eigenvalue weighted by Gasteiger charge is -2.39. The summed E-state index contributed by atoms with van der Waals surface area (Å²) in [5.41, 5.74) is 1.31. The van der Waals surface area contributed by atoms with Crippen LogP contribution in [0.2, 0.25) is 0 Å². The van der Waals surface area contributed by atoms with Crippen LogP contribution in [0.15, 0.2) is 90.1 Å². The van der Waals surface area contributed by atoms with Gasteiger partial charge in [-0.2, -0.15) is 0 Å². The number of nitrogens with one attached hydrogen (secondary N) is 2. The molecule has 1 aliphatic rings. The summed E-state index contributed by atoms with van der Waals surface area (Å²) in [6.45, 7) is 1.67. The van der Waals surface area contributed by atoms with E-state index in [1.807, 2.05) is 49.3 Å². The number of hydrogen-bond donors (Lipinski definition) is 3. The topological polar surface area (TPSA) is 150 Å². The van der Waals surface area contributed by atoms with Crippen LogP contribution >= 0.6 is 0 Å². The summed E-state index contributed by atoms with van der Waals surface area (Å²) in [5.74, 6) is -1.17. The normalized spacial score (nSPS) is 14.6. The number of halogens is 1. The molecular weight excluding hydrogens is 689 g/mol. The molecule has 13 heteroatoms. The van der Waals surface area contributed by atoms with Crippen molar-refractivity contribution < 1.29 is 23.9 Å². The number of anilines is 1. The Kier molecular flexibility index (Phi) is 12.1. The fourth-order valence-corrected chi connectivity index (χ4v) is 6.89. The monoisotopic (exact) mass is 735 g/mol. The molecule has 2 aromatic heterocycles. The molecule has 1 unspecified atom stereocenters. The van der Waals surface area contributed by atoms with Gasteiger partial charge in [0.2, 0.25) is 11.8 Å². The summed E-state index contributed by atoms with van der Waals surface area (Å²) in [6, 6.07) is 20.7. The molecule has 12 nitrogen and oxygen atoms in total. The zero-order valence-electron chi connectivity index (χ0n) is 30.6. The molecule has 6 rings (SSSR count). The van der Waals surface area contributed by atoms with Crippen LogP contribution in [-0.2, 0) is 22.6 Å². The average Bonchev–Trinajstić information content (AvgIpc) is 3.16. The van der Waals surface area contributed by atoms with Gasteiger partial charge in [-0.25, -0.2) is 9.37 Å². The molecule has 0 radical (unpaired) electrons. The van der Waals surface area contributed by atoms with E-state index in [9.17, 15) is 28.7 Å². The maximum atomic E-state index is 14.0. The summed E-state index contributed by atoms with van der Waals surface area (Å²) in [5, 5.41) is 18.1. The molecular formula is C41H46FN7O5. The van der Waals surface area contributed by atoms with Gasteiger partial charge in [0.25, 0.3) is 11.5 Å². The Balaban J connectivity index is 1.05. The fourth-order valence-electron chi connectivity index (χ4n) is 6.89. The zero-order valence-corrected chi connectivity index (χ0v) is 30.6. The number of rotatable bonds is 14. The zero-order chi connectivity index (χ0) is 38.2. The number of nitrogens with zero attached hydrogens (tertiary/aromatic N) is 5. The van der Waals surface area contributed by atoms with Crippen LogP contribution < -0.4 is 16.2 Å². The van der Waals surface area contributed by atoms with Crippen LogP contribution in [-0.4, -0.2) is 93.0 Å². The molecule has 0 spiro atoms. The second-order valence-electron chi connectivity index (χ2n) is 14.4. The molecule has 0 aliphatic carbocycles. The van der Waals surface area contributed by atoms with Crippen molar-refractivity contribution >= 4 is 45.2 Å². The number of carbonyl (C=O) groups is 3. The largest absolute Gasteiger partial charge is 0.388 e. The molecule has 0 bridgehead atoms. The standard InChI is InChI=1S/C41H46FN7O5/c1-47(2)20-15-37(50)46-31-11-13-33-36(25-31)45-27-49(40(33)53)26-41(54)16-21-48(22-17-41)39(52)30(23-28-7-4-3-5-8-28)9-6-18-44-38(51)29-10-12-32-34(42)14-19-43-35(32)24-29/h3-5,7-8,10-14,19,24-25,27,30,54H,6,9,15-18,20-23,26H2,1-2H3,(H,44,51)(H,46,50). The summed E-state index contributed by atoms with van der Waals surface area (Å²) in [4.78, 5) is 64.9. The van der Waals surface area contributed by atoms with Gasteiger partial charge >= 0.3 is 0 Å². The highest BCUT2D eigenvalue weighted by molar-refractivity contribution is 5.98. The van der Waals surface area contributed by atoms with Crippen molar-refractivity contribution in [2.75, 3.05) is 45.6 Å². The maximum absolute atomic E-state index is 14.0. The Morgan fingerprint density at radius 3 is 2.46 bits per heavy atom. The summed E-state index contributed by atoms with van der Waals surface area (Å²) in [7, 11) is 3.79. The van der Waals surface area contributed by atoms with E-state index < -0.39 is 11.4 Å². The number of fused-ring (bicyclic) bond motifs is 2. The molecule has 3 aromatic carbocycles. The van der Waals surface area contributed by atoms with Crippen molar-refractivity contribution in [2.45, 2.75) is 50.7 Å². The summed E-state index contributed by atoms with van der Waals surface area (Å²) >= 11 is 0. The highest BCUT2D eigenvalue weighted by Crippen LogP contribution is 2.27. The van der Waals surface area contributed by atoms with Crippen LogP contribution in [0.4, 0.5) is 10.1 Å². The van der Waals surface area contributed by atoms with Crippen molar-refractivity contribution in [1.29, 1.82) is 0 Å². The number of pyridine rings is 1. The number of hydrogen-bond acceptors (Lipinski definition) is 8. The number of amides is 3. The van der Waals surface area contributed by atoms with Gasteiger partial charge in [0.15, 0.2) is 0 Å². The molecule has 5 aromatic rings. The first-order chi connectivity index (χ1) is 26.0. The average molecular weight is 736 g/mol. The molecule has 3 heterocycles. The Morgan fingerprint density at radius 1 is 0.963 bits per heavy atom. The van der Waals surface area contributed by atoms with Crippen molar-refractivity contribution in [2.24, 2.45) is 5.92 Å². The SMILES string of the molecule is CN(C)CCC(=O)Nc1ccc2c(=O)n(CC3(O)CCN(C(=O)C(CCCNC(=O)c4ccc5c(F)ccnc5c4)Cc4ccccc4)CC3)cnc2c1. The lowest BCUT2D eigenvalue weighted by molar-refractivity contribution is -0.140. The predicted molar refractivity (Wildman–Crippen MR) is 205 cm³/mol. The van der Waals surface area contributed by atoms with Gasteiger partial charge in [0, 0.05) is 61.4 Å². The number of aliphatic hydroxyl groups is 1. The van der Waals surface area contributed by atoms with Gasteiger partial charge in [-0.3, -0.25) is 28.7 Å². The quantitative estimate of drug-likeness (QED) is 0.142. The van der Waals surface area contributed by atoms with E-state index in [1.54, 1.807) is 41.3 Å². The number of carbonyl (C=O) groups excluding carboxylic acids is 3. The van der Waals surface area contributed by atoms with Crippen molar-refractivity contribution in [1.82, 2.24) is 29.7 Å². The highest BCUT2D eigenvalue weighted by atomic mass is 19.1. The second kappa shape index (κ2) is 17.1. The number of likely N-dealkylation sites (tertiary alicyclic amines) is 1. The lowest BCUT2D eigenvalue weighted by Crippen LogP contribution is -2.51. The third-order valence-electron chi connectivity index (χ3n) is 10.0. The van der Waals surface area contributed by atoms with E-state index in [4.69, 9.17) is 0 Å².